The maximum absolute atomic E-state index is 11.8. The van der Waals surface area contributed by atoms with Crippen LogP contribution in [0.4, 0.5) is 0 Å². The van der Waals surface area contributed by atoms with Gasteiger partial charge in [-0.3, -0.25) is 0 Å². The highest BCUT2D eigenvalue weighted by atomic mass is 79.9. The first-order valence-corrected chi connectivity index (χ1v) is 9.43. The summed E-state index contributed by atoms with van der Waals surface area (Å²) in [4.78, 5) is 0. The SMILES string of the molecule is O=S1(=O)CCCC1CNCc1cc(Br)cc2c1OCC2. The lowest BCUT2D eigenvalue weighted by molar-refractivity contribution is 0.352. The van der Waals surface area contributed by atoms with Crippen LogP contribution in [-0.2, 0) is 22.8 Å². The molecule has 1 N–H and O–H groups in total. The highest BCUT2D eigenvalue weighted by Gasteiger charge is 2.30. The second-order valence-electron chi connectivity index (χ2n) is 5.41. The first-order valence-electron chi connectivity index (χ1n) is 6.92. The number of rotatable bonds is 4. The van der Waals surface area contributed by atoms with Crippen LogP contribution in [0.3, 0.4) is 0 Å². The van der Waals surface area contributed by atoms with E-state index in [0.717, 1.165) is 41.7 Å². The van der Waals surface area contributed by atoms with E-state index >= 15 is 0 Å². The molecule has 20 heavy (non-hydrogen) atoms. The maximum atomic E-state index is 11.8. The van der Waals surface area contributed by atoms with E-state index in [9.17, 15) is 8.42 Å². The summed E-state index contributed by atoms with van der Waals surface area (Å²) < 4.78 is 30.3. The van der Waals surface area contributed by atoms with Gasteiger partial charge in [-0.1, -0.05) is 15.9 Å². The number of sulfone groups is 1. The molecule has 0 spiro atoms. The van der Waals surface area contributed by atoms with Gasteiger partial charge in [0.2, 0.25) is 0 Å². The van der Waals surface area contributed by atoms with Gasteiger partial charge in [-0.2, -0.15) is 0 Å². The summed E-state index contributed by atoms with van der Waals surface area (Å²) in [6.07, 6.45) is 2.52. The van der Waals surface area contributed by atoms with E-state index in [4.69, 9.17) is 4.74 Å². The minimum absolute atomic E-state index is 0.219. The molecule has 2 heterocycles. The zero-order valence-corrected chi connectivity index (χ0v) is 13.6. The van der Waals surface area contributed by atoms with Crippen molar-refractivity contribution in [3.05, 3.63) is 27.7 Å². The number of hydrogen-bond acceptors (Lipinski definition) is 4. The molecule has 0 bridgehead atoms. The molecule has 2 aliphatic heterocycles. The normalized spacial score (nSPS) is 23.6. The summed E-state index contributed by atoms with van der Waals surface area (Å²) in [7, 11) is -2.86. The smallest absolute Gasteiger partial charge is 0.154 e. The van der Waals surface area contributed by atoms with Crippen molar-refractivity contribution in [2.45, 2.75) is 31.1 Å². The predicted octanol–water partition coefficient (Wildman–Crippen LogP) is 2.05. The third-order valence-corrected chi connectivity index (χ3v) is 6.71. The van der Waals surface area contributed by atoms with Gasteiger partial charge >= 0.3 is 0 Å². The van der Waals surface area contributed by atoms with Crippen LogP contribution in [0.1, 0.15) is 24.0 Å². The molecule has 0 radical (unpaired) electrons. The van der Waals surface area contributed by atoms with Crippen LogP contribution in [0.15, 0.2) is 16.6 Å². The third kappa shape index (κ3) is 2.87. The van der Waals surface area contributed by atoms with E-state index in [1.54, 1.807) is 0 Å². The van der Waals surface area contributed by atoms with E-state index < -0.39 is 9.84 Å². The number of nitrogens with one attached hydrogen (secondary N) is 1. The molecule has 1 fully saturated rings. The Morgan fingerprint density at radius 2 is 2.25 bits per heavy atom. The molecule has 4 nitrogen and oxygen atoms in total. The van der Waals surface area contributed by atoms with Crippen molar-refractivity contribution >= 4 is 25.8 Å². The van der Waals surface area contributed by atoms with Crippen molar-refractivity contribution in [3.63, 3.8) is 0 Å². The Morgan fingerprint density at radius 1 is 1.40 bits per heavy atom. The fourth-order valence-corrected chi connectivity index (χ4v) is 5.29. The Labute approximate surface area is 127 Å². The molecule has 110 valence electrons. The van der Waals surface area contributed by atoms with Gasteiger partial charge in [0.1, 0.15) is 5.75 Å². The van der Waals surface area contributed by atoms with E-state index in [1.165, 1.54) is 5.56 Å². The molecule has 1 atom stereocenters. The van der Waals surface area contributed by atoms with Crippen LogP contribution in [0.2, 0.25) is 0 Å². The lowest BCUT2D eigenvalue weighted by atomic mass is 10.1. The first-order chi connectivity index (χ1) is 9.56. The Bertz CT molecular complexity index is 615. The largest absolute Gasteiger partial charge is 0.493 e. The van der Waals surface area contributed by atoms with Crippen LogP contribution >= 0.6 is 15.9 Å². The number of benzene rings is 1. The van der Waals surface area contributed by atoms with Crippen LogP contribution in [-0.4, -0.2) is 32.6 Å². The van der Waals surface area contributed by atoms with Crippen LogP contribution < -0.4 is 10.1 Å². The van der Waals surface area contributed by atoms with Gasteiger partial charge < -0.3 is 10.1 Å². The predicted molar refractivity (Wildman–Crippen MR) is 81.9 cm³/mol. The van der Waals surface area contributed by atoms with Gasteiger partial charge in [-0.25, -0.2) is 8.42 Å². The van der Waals surface area contributed by atoms with E-state index in [1.807, 2.05) is 6.07 Å². The second-order valence-corrected chi connectivity index (χ2v) is 8.73. The molecule has 1 unspecified atom stereocenters. The lowest BCUT2D eigenvalue weighted by Crippen LogP contribution is -2.30. The number of halogens is 1. The van der Waals surface area contributed by atoms with Crippen molar-refractivity contribution in [1.29, 1.82) is 0 Å². The van der Waals surface area contributed by atoms with Crippen LogP contribution in [0.5, 0.6) is 5.75 Å². The topological polar surface area (TPSA) is 55.4 Å². The van der Waals surface area contributed by atoms with Crippen LogP contribution in [0.25, 0.3) is 0 Å². The van der Waals surface area contributed by atoms with E-state index in [0.29, 0.717) is 18.8 Å². The molecular weight excluding hydrogens is 342 g/mol. The average molecular weight is 360 g/mol. The third-order valence-electron chi connectivity index (χ3n) is 3.98. The Morgan fingerprint density at radius 3 is 3.00 bits per heavy atom. The molecule has 3 rings (SSSR count). The summed E-state index contributed by atoms with van der Waals surface area (Å²) in [6.45, 7) is 1.91. The van der Waals surface area contributed by atoms with E-state index in [2.05, 4.69) is 27.3 Å². The highest BCUT2D eigenvalue weighted by molar-refractivity contribution is 9.10. The summed E-state index contributed by atoms with van der Waals surface area (Å²) in [5.74, 6) is 1.31. The zero-order valence-electron chi connectivity index (χ0n) is 11.2. The summed E-state index contributed by atoms with van der Waals surface area (Å²) >= 11 is 3.51. The Hall–Kier alpha value is -0.590. The molecule has 0 aliphatic carbocycles. The van der Waals surface area contributed by atoms with Crippen molar-refractivity contribution in [2.75, 3.05) is 18.9 Å². The van der Waals surface area contributed by atoms with Crippen LogP contribution in [0, 0.1) is 0 Å². The van der Waals surface area contributed by atoms with E-state index in [-0.39, 0.29) is 5.25 Å². The standard InChI is InChI=1S/C14H18BrNO3S/c15-12-6-10-3-4-19-14(10)11(7-12)8-16-9-13-2-1-5-20(13,17)18/h6-7,13,16H,1-5,8-9H2. The average Bonchev–Trinajstić information content (AvgIpc) is 2.96. The molecule has 1 aromatic carbocycles. The van der Waals surface area contributed by atoms with Crippen molar-refractivity contribution in [2.24, 2.45) is 0 Å². The Balaban J connectivity index is 1.65. The van der Waals surface area contributed by atoms with Crippen molar-refractivity contribution in [1.82, 2.24) is 5.32 Å². The number of ether oxygens (including phenoxy) is 1. The molecule has 6 heteroatoms. The quantitative estimate of drug-likeness (QED) is 0.893. The number of fused-ring (bicyclic) bond motifs is 1. The van der Waals surface area contributed by atoms with Gasteiger partial charge in [0, 0.05) is 29.5 Å². The lowest BCUT2D eigenvalue weighted by Gasteiger charge is -2.13. The van der Waals surface area contributed by atoms with Gasteiger partial charge in [0.25, 0.3) is 0 Å². The monoisotopic (exact) mass is 359 g/mol. The number of hydrogen-bond donors (Lipinski definition) is 1. The molecule has 0 saturated carbocycles. The minimum Gasteiger partial charge on any atom is -0.493 e. The molecular formula is C14H18BrNO3S. The molecule has 1 saturated heterocycles. The van der Waals surface area contributed by atoms with Gasteiger partial charge in [0.05, 0.1) is 17.6 Å². The van der Waals surface area contributed by atoms with Gasteiger partial charge in [0.15, 0.2) is 9.84 Å². The second kappa shape index (κ2) is 5.66. The fourth-order valence-electron chi connectivity index (χ4n) is 2.93. The summed E-state index contributed by atoms with van der Waals surface area (Å²) in [6, 6.07) is 4.13. The Kier molecular flexibility index (Phi) is 4.06. The summed E-state index contributed by atoms with van der Waals surface area (Å²) in [5.41, 5.74) is 2.33. The first kappa shape index (κ1) is 14.4. The summed E-state index contributed by atoms with van der Waals surface area (Å²) in [5, 5.41) is 3.06. The van der Waals surface area contributed by atoms with Crippen molar-refractivity contribution < 1.29 is 13.2 Å². The van der Waals surface area contributed by atoms with Gasteiger partial charge in [-0.05, 0) is 30.5 Å². The molecule has 2 aliphatic rings. The van der Waals surface area contributed by atoms with Gasteiger partial charge in [-0.15, -0.1) is 0 Å². The molecule has 0 amide bonds. The molecule has 1 aromatic rings. The molecule has 0 aromatic heterocycles. The highest BCUT2D eigenvalue weighted by Crippen LogP contribution is 2.33. The zero-order chi connectivity index (χ0) is 14.2. The fraction of sp³-hybridized carbons (Fsp3) is 0.571. The minimum atomic E-state index is -2.86. The maximum Gasteiger partial charge on any atom is 0.154 e. The van der Waals surface area contributed by atoms with Crippen molar-refractivity contribution in [3.8, 4) is 5.75 Å².